The number of fused-ring (bicyclic) bond motifs is 1. The number of carbonyl (C=O) groups excluding carboxylic acids is 2. The van der Waals surface area contributed by atoms with Crippen LogP contribution < -0.4 is 10.6 Å². The fourth-order valence-electron chi connectivity index (χ4n) is 3.35. The number of benzene rings is 1. The lowest BCUT2D eigenvalue weighted by molar-refractivity contribution is -0.111. The number of nitrogens with one attached hydrogen (secondary N) is 2. The molecule has 0 aliphatic rings. The zero-order chi connectivity index (χ0) is 25.8. The largest absolute Gasteiger partial charge is 0.361 e. The molecule has 0 spiro atoms. The third-order valence-corrected chi connectivity index (χ3v) is 6.84. The molecule has 186 valence electrons. The van der Waals surface area contributed by atoms with E-state index in [2.05, 4.69) is 41.8 Å². The van der Waals surface area contributed by atoms with E-state index < -0.39 is 13.6 Å². The first-order chi connectivity index (χ1) is 16.4. The number of nitrogens with zero attached hydrogens (tertiary/aromatic N) is 3. The van der Waals surface area contributed by atoms with E-state index in [9.17, 15) is 9.59 Å². The Morgan fingerprint density at radius 2 is 1.97 bits per heavy atom. The number of anilines is 1. The van der Waals surface area contributed by atoms with Crippen LogP contribution >= 0.6 is 0 Å². The van der Waals surface area contributed by atoms with E-state index in [1.54, 1.807) is 18.5 Å². The maximum atomic E-state index is 13.1. The van der Waals surface area contributed by atoms with E-state index in [1.807, 2.05) is 43.5 Å². The van der Waals surface area contributed by atoms with Gasteiger partial charge in [-0.15, -0.1) is 0 Å². The van der Waals surface area contributed by atoms with Crippen molar-refractivity contribution in [3.8, 4) is 11.3 Å². The van der Waals surface area contributed by atoms with Crippen molar-refractivity contribution in [2.24, 2.45) is 0 Å². The standard InChI is InChI=1S/C26H35N5O3Si/c1-8-22(32)28-19-11-9-10-18(14-19)21-15-27-24-23(29-21)20(25(33)30-26(2,3)4)16-31(24)17-34-12-13-35(5,6)7/h8-11,14-16H,1,12-13,17H2,2-7H3,(H,28,32)(H,30,33). The Kier molecular flexibility index (Phi) is 7.92. The SMILES string of the molecule is C=CC(=O)Nc1cccc(-c2cnc3c(n2)c(C(=O)NC(C)(C)C)cn3COCC[Si](C)(C)C)c1. The van der Waals surface area contributed by atoms with Gasteiger partial charge in [0.1, 0.15) is 12.2 Å². The molecule has 0 saturated heterocycles. The lowest BCUT2D eigenvalue weighted by atomic mass is 10.1. The molecule has 1 aromatic carbocycles. The van der Waals surface area contributed by atoms with Gasteiger partial charge in [0, 0.05) is 37.7 Å². The molecule has 0 atom stereocenters. The summed E-state index contributed by atoms with van der Waals surface area (Å²) in [6, 6.07) is 8.35. The van der Waals surface area contributed by atoms with Crippen LogP contribution in [0, 0.1) is 0 Å². The summed E-state index contributed by atoms with van der Waals surface area (Å²) in [7, 11) is -1.21. The van der Waals surface area contributed by atoms with Crippen LogP contribution in [-0.2, 0) is 16.3 Å². The van der Waals surface area contributed by atoms with Crippen LogP contribution in [0.1, 0.15) is 31.1 Å². The fourth-order valence-corrected chi connectivity index (χ4v) is 4.11. The predicted molar refractivity (Wildman–Crippen MR) is 143 cm³/mol. The maximum Gasteiger partial charge on any atom is 0.255 e. The predicted octanol–water partition coefficient (Wildman–Crippen LogP) is 5.06. The van der Waals surface area contributed by atoms with Gasteiger partial charge < -0.3 is 19.9 Å². The van der Waals surface area contributed by atoms with Crippen LogP contribution in [0.5, 0.6) is 0 Å². The molecule has 0 unspecified atom stereocenters. The molecular formula is C26H35N5O3Si. The molecular weight excluding hydrogens is 458 g/mol. The molecule has 0 aliphatic heterocycles. The van der Waals surface area contributed by atoms with Crippen LogP contribution in [0.25, 0.3) is 22.4 Å². The Labute approximate surface area is 207 Å². The molecule has 2 N–H and O–H groups in total. The van der Waals surface area contributed by atoms with Crippen LogP contribution in [-0.4, -0.2) is 46.6 Å². The highest BCUT2D eigenvalue weighted by Gasteiger charge is 2.22. The summed E-state index contributed by atoms with van der Waals surface area (Å²) in [5, 5.41) is 5.76. The summed E-state index contributed by atoms with van der Waals surface area (Å²) in [6.07, 6.45) is 4.64. The minimum absolute atomic E-state index is 0.221. The second-order valence-electron chi connectivity index (χ2n) is 10.8. The van der Waals surface area contributed by atoms with Crippen molar-refractivity contribution in [1.29, 1.82) is 0 Å². The number of amides is 2. The van der Waals surface area contributed by atoms with E-state index >= 15 is 0 Å². The van der Waals surface area contributed by atoms with Crippen molar-refractivity contribution < 1.29 is 14.3 Å². The Bertz CT molecular complexity index is 1240. The summed E-state index contributed by atoms with van der Waals surface area (Å²) in [5.41, 5.74) is 3.09. The molecule has 3 aromatic rings. The van der Waals surface area contributed by atoms with Gasteiger partial charge in [-0.05, 0) is 45.0 Å². The quantitative estimate of drug-likeness (QED) is 0.247. The summed E-state index contributed by atoms with van der Waals surface area (Å²) in [6.45, 7) is 17.2. The average Bonchev–Trinajstić information content (AvgIpc) is 3.13. The highest BCUT2D eigenvalue weighted by Crippen LogP contribution is 2.25. The van der Waals surface area contributed by atoms with Gasteiger partial charge in [0.25, 0.3) is 5.91 Å². The Morgan fingerprint density at radius 1 is 1.23 bits per heavy atom. The zero-order valence-electron chi connectivity index (χ0n) is 21.4. The van der Waals surface area contributed by atoms with E-state index in [-0.39, 0.29) is 11.8 Å². The molecule has 9 heteroatoms. The zero-order valence-corrected chi connectivity index (χ0v) is 22.4. The first-order valence-electron chi connectivity index (χ1n) is 11.7. The molecule has 0 radical (unpaired) electrons. The number of rotatable bonds is 9. The van der Waals surface area contributed by atoms with E-state index in [4.69, 9.17) is 9.72 Å². The highest BCUT2D eigenvalue weighted by atomic mass is 28.3. The van der Waals surface area contributed by atoms with E-state index in [0.717, 1.165) is 11.6 Å². The second kappa shape index (κ2) is 10.5. The van der Waals surface area contributed by atoms with Crippen molar-refractivity contribution in [2.75, 3.05) is 11.9 Å². The topological polar surface area (TPSA) is 98.1 Å². The van der Waals surface area contributed by atoms with Crippen LogP contribution in [0.4, 0.5) is 5.69 Å². The molecule has 2 amide bonds. The van der Waals surface area contributed by atoms with Crippen LogP contribution in [0.3, 0.4) is 0 Å². The molecule has 2 aromatic heterocycles. The van der Waals surface area contributed by atoms with E-state index in [1.165, 1.54) is 6.08 Å². The monoisotopic (exact) mass is 493 g/mol. The number of ether oxygens (including phenoxy) is 1. The third-order valence-electron chi connectivity index (χ3n) is 5.14. The van der Waals surface area contributed by atoms with Gasteiger partial charge >= 0.3 is 0 Å². The minimum atomic E-state index is -1.21. The van der Waals surface area contributed by atoms with Crippen molar-refractivity contribution in [3.05, 3.63) is 54.9 Å². The van der Waals surface area contributed by atoms with E-state index in [0.29, 0.717) is 41.4 Å². The molecule has 0 fully saturated rings. The van der Waals surface area contributed by atoms with Gasteiger partial charge in [-0.25, -0.2) is 9.97 Å². The lowest BCUT2D eigenvalue weighted by Crippen LogP contribution is -2.40. The summed E-state index contributed by atoms with van der Waals surface area (Å²) >= 11 is 0. The van der Waals surface area contributed by atoms with Crippen LogP contribution in [0.15, 0.2) is 49.3 Å². The van der Waals surface area contributed by atoms with Crippen molar-refractivity contribution >= 4 is 36.7 Å². The molecule has 35 heavy (non-hydrogen) atoms. The molecule has 2 heterocycles. The number of aromatic nitrogens is 3. The summed E-state index contributed by atoms with van der Waals surface area (Å²) in [5.74, 6) is -0.516. The number of hydrogen-bond acceptors (Lipinski definition) is 5. The molecule has 0 bridgehead atoms. The van der Waals surface area contributed by atoms with Crippen LogP contribution in [0.2, 0.25) is 25.7 Å². The third kappa shape index (κ3) is 7.34. The van der Waals surface area contributed by atoms with Gasteiger partial charge in [0.15, 0.2) is 5.65 Å². The van der Waals surface area contributed by atoms with Gasteiger partial charge in [0.2, 0.25) is 5.91 Å². The number of carbonyl (C=O) groups is 2. The Hall–Kier alpha value is -3.30. The second-order valence-corrected chi connectivity index (χ2v) is 16.4. The number of hydrogen-bond donors (Lipinski definition) is 2. The highest BCUT2D eigenvalue weighted by molar-refractivity contribution is 6.76. The van der Waals surface area contributed by atoms with Crippen molar-refractivity contribution in [1.82, 2.24) is 19.9 Å². The first-order valence-corrected chi connectivity index (χ1v) is 15.4. The molecule has 0 saturated carbocycles. The fraction of sp³-hybridized carbons (Fsp3) is 0.385. The van der Waals surface area contributed by atoms with Crippen molar-refractivity contribution in [2.45, 2.75) is 58.7 Å². The Morgan fingerprint density at radius 3 is 2.63 bits per heavy atom. The molecule has 0 aliphatic carbocycles. The Balaban J connectivity index is 1.98. The molecule has 8 nitrogen and oxygen atoms in total. The summed E-state index contributed by atoms with van der Waals surface area (Å²) < 4.78 is 7.75. The van der Waals surface area contributed by atoms with Gasteiger partial charge in [0.05, 0.1) is 17.5 Å². The van der Waals surface area contributed by atoms with Gasteiger partial charge in [-0.2, -0.15) is 0 Å². The first kappa shape index (κ1) is 26.3. The maximum absolute atomic E-state index is 13.1. The lowest BCUT2D eigenvalue weighted by Gasteiger charge is -2.20. The van der Waals surface area contributed by atoms with Crippen molar-refractivity contribution in [3.63, 3.8) is 0 Å². The average molecular weight is 494 g/mol. The normalized spacial score (nSPS) is 11.9. The smallest absolute Gasteiger partial charge is 0.255 e. The molecule has 3 rings (SSSR count). The summed E-state index contributed by atoms with van der Waals surface area (Å²) in [4.78, 5) is 34.2. The van der Waals surface area contributed by atoms with Gasteiger partial charge in [-0.1, -0.05) is 38.4 Å². The minimum Gasteiger partial charge on any atom is -0.361 e. The van der Waals surface area contributed by atoms with Gasteiger partial charge in [-0.3, -0.25) is 9.59 Å².